The molecule has 0 aliphatic carbocycles. The number of nitrogens with zero attached hydrogens (tertiary/aromatic N) is 1. The molecule has 0 aliphatic rings. The second kappa shape index (κ2) is 16.9. The molecular weight excluding hydrogens is 345 g/mol. The van der Waals surface area contributed by atoms with E-state index in [0.717, 1.165) is 17.2 Å². The zero-order chi connectivity index (χ0) is 19.3. The number of ketones is 1. The van der Waals surface area contributed by atoms with E-state index in [1.54, 1.807) is 6.07 Å². The number of hydrogen-bond acceptors (Lipinski definition) is 3. The number of sulfone groups is 1. The Morgan fingerprint density at radius 1 is 1.00 bits per heavy atom. The van der Waals surface area contributed by atoms with Gasteiger partial charge >= 0.3 is 0 Å². The van der Waals surface area contributed by atoms with E-state index in [0.29, 0.717) is 12.2 Å². The number of rotatable bonds is 4. The molecular formula is C20H37BNO3S. The van der Waals surface area contributed by atoms with Crippen LogP contribution in [0, 0.1) is 0 Å². The largest absolute Gasteiger partial charge is 0.338 e. The van der Waals surface area contributed by atoms with Crippen LogP contribution in [0.2, 0.25) is 0 Å². The van der Waals surface area contributed by atoms with Crippen LogP contribution < -0.4 is 0 Å². The minimum Gasteiger partial charge on any atom is -0.338 e. The predicted octanol–water partition coefficient (Wildman–Crippen LogP) is 5.22. The first-order valence-electron chi connectivity index (χ1n) is 8.71. The number of Topliss-reactive ketones (excluding diaryl/α,β-unsaturated/α-hetero) is 1. The molecule has 4 nitrogen and oxygen atoms in total. The molecule has 0 N–H and O–H groups in total. The second-order valence-electron chi connectivity index (χ2n) is 4.33. The van der Waals surface area contributed by atoms with Crippen LogP contribution in [-0.2, 0) is 16.4 Å². The highest BCUT2D eigenvalue weighted by Gasteiger charge is 2.18. The molecule has 1 aromatic carbocycles. The van der Waals surface area contributed by atoms with Gasteiger partial charge in [0.2, 0.25) is 0 Å². The molecule has 0 amide bonds. The standard InChI is InChI=1S/C13H15NO3S.3C2H6.CH4.B/c1-3-14-11-7-5-4-6-10(11)8-12(14)13(15)9-18(2,16)17;3*1-2;;/h4-8H,3,9H2,1-2H3;3*1-2H3;1H4;. The van der Waals surface area contributed by atoms with Crippen LogP contribution >= 0.6 is 0 Å². The second-order valence-corrected chi connectivity index (χ2v) is 6.47. The minimum atomic E-state index is -3.30. The quantitative estimate of drug-likeness (QED) is 0.538. The molecule has 149 valence electrons. The van der Waals surface area contributed by atoms with Crippen molar-refractivity contribution in [3.05, 3.63) is 36.0 Å². The van der Waals surface area contributed by atoms with Gasteiger partial charge in [0.25, 0.3) is 0 Å². The lowest BCUT2D eigenvalue weighted by Gasteiger charge is -2.06. The SMILES string of the molecule is C.CC.CC.CC.CCn1c(C(=O)CS(C)(=O)=O)cc2ccccc21.[B]. The zero-order valence-electron chi connectivity index (χ0n) is 17.0. The van der Waals surface area contributed by atoms with Gasteiger partial charge in [-0.3, -0.25) is 4.79 Å². The average molecular weight is 382 g/mol. The van der Waals surface area contributed by atoms with Crippen molar-refractivity contribution in [1.82, 2.24) is 4.57 Å². The molecule has 6 heteroatoms. The summed E-state index contributed by atoms with van der Waals surface area (Å²) in [5, 5.41) is 0.955. The molecule has 3 radical (unpaired) electrons. The van der Waals surface area contributed by atoms with Crippen molar-refractivity contribution in [1.29, 1.82) is 0 Å². The van der Waals surface area contributed by atoms with Crippen molar-refractivity contribution >= 4 is 34.9 Å². The lowest BCUT2D eigenvalue weighted by Crippen LogP contribution is -2.17. The Morgan fingerprint density at radius 3 is 1.88 bits per heavy atom. The van der Waals surface area contributed by atoms with Gasteiger partial charge in [-0.25, -0.2) is 8.42 Å². The van der Waals surface area contributed by atoms with Crippen molar-refractivity contribution < 1.29 is 13.2 Å². The number of hydrogen-bond donors (Lipinski definition) is 0. The molecule has 2 rings (SSSR count). The molecule has 0 saturated heterocycles. The maximum Gasteiger partial charge on any atom is 0.194 e. The summed E-state index contributed by atoms with van der Waals surface area (Å²) >= 11 is 0. The fourth-order valence-corrected chi connectivity index (χ4v) is 2.72. The van der Waals surface area contributed by atoms with Crippen molar-refractivity contribution in [3.8, 4) is 0 Å². The van der Waals surface area contributed by atoms with E-state index < -0.39 is 15.6 Å². The molecule has 1 aromatic heterocycles. The van der Waals surface area contributed by atoms with Crippen LogP contribution in [0.1, 0.15) is 66.4 Å². The number of carbonyl (C=O) groups excluding carboxylic acids is 1. The maximum absolute atomic E-state index is 12.0. The highest BCUT2D eigenvalue weighted by molar-refractivity contribution is 7.91. The highest BCUT2D eigenvalue weighted by Crippen LogP contribution is 2.20. The topological polar surface area (TPSA) is 56.1 Å². The van der Waals surface area contributed by atoms with Gasteiger partial charge in [0, 0.05) is 32.1 Å². The van der Waals surface area contributed by atoms with Gasteiger partial charge in [0.1, 0.15) is 5.75 Å². The van der Waals surface area contributed by atoms with E-state index in [-0.39, 0.29) is 21.6 Å². The Morgan fingerprint density at radius 2 is 1.46 bits per heavy atom. The third kappa shape index (κ3) is 9.81. The maximum atomic E-state index is 12.0. The van der Waals surface area contributed by atoms with Crippen molar-refractivity contribution in [3.63, 3.8) is 0 Å². The Bertz CT molecular complexity index is 707. The smallest absolute Gasteiger partial charge is 0.194 e. The number of aryl methyl sites for hydroxylation is 1. The van der Waals surface area contributed by atoms with E-state index in [9.17, 15) is 13.2 Å². The van der Waals surface area contributed by atoms with E-state index >= 15 is 0 Å². The third-order valence-electron chi connectivity index (χ3n) is 2.81. The predicted molar refractivity (Wildman–Crippen MR) is 118 cm³/mol. The fraction of sp³-hybridized carbons (Fsp3) is 0.550. The summed E-state index contributed by atoms with van der Waals surface area (Å²) in [6.45, 7) is 14.6. The number of para-hydroxylation sites is 1. The average Bonchev–Trinajstić information content (AvgIpc) is 2.97. The summed E-state index contributed by atoms with van der Waals surface area (Å²) in [5.41, 5.74) is 1.42. The molecule has 0 atom stereocenters. The Labute approximate surface area is 163 Å². The van der Waals surface area contributed by atoms with Crippen LogP contribution in [0.15, 0.2) is 30.3 Å². The van der Waals surface area contributed by atoms with Gasteiger partial charge in [0.15, 0.2) is 15.6 Å². The first-order chi connectivity index (χ1) is 11.4. The molecule has 1 heterocycles. The lowest BCUT2D eigenvalue weighted by molar-refractivity contribution is 0.101. The Kier molecular flexibility index (Phi) is 20.9. The zero-order valence-corrected chi connectivity index (χ0v) is 17.8. The summed E-state index contributed by atoms with van der Waals surface area (Å²) in [6, 6.07) is 9.40. The first kappa shape index (κ1) is 32.1. The fourth-order valence-electron chi connectivity index (χ4n) is 2.09. The van der Waals surface area contributed by atoms with Crippen LogP contribution in [-0.4, -0.2) is 39.2 Å². The summed E-state index contributed by atoms with van der Waals surface area (Å²) in [7, 11) is -3.30. The number of fused-ring (bicyclic) bond motifs is 1. The van der Waals surface area contributed by atoms with E-state index in [4.69, 9.17) is 0 Å². The molecule has 0 bridgehead atoms. The van der Waals surface area contributed by atoms with Crippen molar-refractivity contribution in [2.75, 3.05) is 12.0 Å². The minimum absolute atomic E-state index is 0. The number of carbonyl (C=O) groups is 1. The third-order valence-corrected chi connectivity index (χ3v) is 3.59. The van der Waals surface area contributed by atoms with Crippen LogP contribution in [0.4, 0.5) is 0 Å². The summed E-state index contributed by atoms with van der Waals surface area (Å²) < 4.78 is 24.2. The van der Waals surface area contributed by atoms with Crippen LogP contribution in [0.3, 0.4) is 0 Å². The summed E-state index contributed by atoms with van der Waals surface area (Å²) in [4.78, 5) is 12.0. The molecule has 0 spiro atoms. The highest BCUT2D eigenvalue weighted by atomic mass is 32.2. The lowest BCUT2D eigenvalue weighted by atomic mass is 10.2. The number of benzene rings is 1. The first-order valence-corrected chi connectivity index (χ1v) is 10.8. The van der Waals surface area contributed by atoms with Gasteiger partial charge in [-0.2, -0.15) is 0 Å². The molecule has 0 unspecified atom stereocenters. The molecule has 26 heavy (non-hydrogen) atoms. The van der Waals surface area contributed by atoms with Crippen LogP contribution in [0.25, 0.3) is 10.9 Å². The number of aromatic nitrogens is 1. The normalized spacial score (nSPS) is 8.92. The van der Waals surface area contributed by atoms with Crippen LogP contribution in [0.5, 0.6) is 0 Å². The van der Waals surface area contributed by atoms with Gasteiger partial charge in [0.05, 0.1) is 5.69 Å². The Hall–Kier alpha value is -1.56. The van der Waals surface area contributed by atoms with E-state index in [1.165, 1.54) is 0 Å². The Balaban J connectivity index is -0.000000275. The van der Waals surface area contributed by atoms with Gasteiger partial charge in [-0.05, 0) is 19.1 Å². The van der Waals surface area contributed by atoms with E-state index in [1.807, 2.05) is 77.3 Å². The van der Waals surface area contributed by atoms with Crippen molar-refractivity contribution in [2.45, 2.75) is 62.4 Å². The monoisotopic (exact) mass is 382 g/mol. The molecule has 0 saturated carbocycles. The summed E-state index contributed by atoms with van der Waals surface area (Å²) in [6.07, 6.45) is 1.07. The van der Waals surface area contributed by atoms with Gasteiger partial charge in [-0.1, -0.05) is 67.2 Å². The van der Waals surface area contributed by atoms with Crippen molar-refractivity contribution in [2.24, 2.45) is 0 Å². The molecule has 0 aliphatic heterocycles. The molecule has 0 fully saturated rings. The summed E-state index contributed by atoms with van der Waals surface area (Å²) in [5.74, 6) is -0.792. The van der Waals surface area contributed by atoms with Gasteiger partial charge < -0.3 is 4.57 Å². The van der Waals surface area contributed by atoms with E-state index in [2.05, 4.69) is 0 Å². The molecule has 2 aromatic rings. The van der Waals surface area contributed by atoms with Gasteiger partial charge in [-0.15, -0.1) is 0 Å².